The van der Waals surface area contributed by atoms with Gasteiger partial charge in [-0.25, -0.2) is 0 Å². The maximum Gasteiger partial charge on any atom is 0.316 e. The highest BCUT2D eigenvalue weighted by Crippen LogP contribution is 2.01. The van der Waals surface area contributed by atoms with Crippen molar-refractivity contribution in [2.45, 2.75) is 11.7 Å². The van der Waals surface area contributed by atoms with Crippen molar-refractivity contribution in [2.75, 3.05) is 5.75 Å². The minimum absolute atomic E-state index is 0.515. The summed E-state index contributed by atoms with van der Waals surface area (Å²) in [5.74, 6) is -0.303. The molecule has 48 valence electrons. The predicted molar refractivity (Wildman–Crippen MR) is 38.9 cm³/mol. The average Bonchev–Trinajstić information content (AvgIpc) is 1.67. The van der Waals surface area contributed by atoms with Crippen LogP contribution in [0, 0.1) is 0 Å². The largest absolute Gasteiger partial charge is 0.480 e. The van der Waals surface area contributed by atoms with Gasteiger partial charge in [0, 0.05) is 0 Å². The number of carboxylic acids is 1. The minimum atomic E-state index is -0.873. The molecule has 0 heterocycles. The van der Waals surface area contributed by atoms with Gasteiger partial charge in [-0.1, -0.05) is 0 Å². The molecule has 0 amide bonds. The molecule has 1 unspecified atom stereocenters. The summed E-state index contributed by atoms with van der Waals surface area (Å²) in [6.07, 6.45) is 0.515. The third kappa shape index (κ3) is 3.21. The van der Waals surface area contributed by atoms with Gasteiger partial charge in [-0.05, 0) is 12.2 Å². The van der Waals surface area contributed by atoms with Crippen LogP contribution in [0.15, 0.2) is 0 Å². The summed E-state index contributed by atoms with van der Waals surface area (Å²) in [6.45, 7) is 0. The van der Waals surface area contributed by atoms with Gasteiger partial charge in [0.2, 0.25) is 0 Å². The van der Waals surface area contributed by atoms with Crippen molar-refractivity contribution < 1.29 is 9.90 Å². The molecule has 0 aliphatic heterocycles. The quantitative estimate of drug-likeness (QED) is 0.520. The fraction of sp³-hybridized carbons (Fsp3) is 0.750. The zero-order valence-electron chi connectivity index (χ0n) is 4.24. The molecule has 0 rings (SSSR count). The Labute approximate surface area is 59.1 Å². The second-order valence-corrected chi connectivity index (χ2v) is 2.44. The summed E-state index contributed by atoms with van der Waals surface area (Å²) in [5.41, 5.74) is 0. The molecule has 0 saturated carbocycles. The number of rotatable bonds is 3. The molecule has 0 fully saturated rings. The van der Waals surface area contributed by atoms with E-state index >= 15 is 0 Å². The van der Waals surface area contributed by atoms with Crippen LogP contribution in [-0.2, 0) is 4.79 Å². The monoisotopic (exact) mass is 152 g/mol. The van der Waals surface area contributed by atoms with Gasteiger partial charge in [0.25, 0.3) is 0 Å². The van der Waals surface area contributed by atoms with E-state index < -0.39 is 11.2 Å². The highest BCUT2D eigenvalue weighted by molar-refractivity contribution is 7.82. The van der Waals surface area contributed by atoms with Gasteiger partial charge in [0.1, 0.15) is 5.25 Å². The fourth-order valence-electron chi connectivity index (χ4n) is 0.246. The van der Waals surface area contributed by atoms with E-state index in [4.69, 9.17) is 5.11 Å². The topological polar surface area (TPSA) is 37.3 Å². The van der Waals surface area contributed by atoms with E-state index in [2.05, 4.69) is 25.3 Å². The Morgan fingerprint density at radius 2 is 2.25 bits per heavy atom. The molecule has 0 aliphatic rings. The van der Waals surface area contributed by atoms with Gasteiger partial charge in [0.05, 0.1) is 0 Å². The third-order valence-corrected chi connectivity index (χ3v) is 1.42. The molecule has 1 atom stereocenters. The van der Waals surface area contributed by atoms with E-state index in [1.807, 2.05) is 0 Å². The van der Waals surface area contributed by atoms with Crippen LogP contribution < -0.4 is 0 Å². The fourth-order valence-corrected chi connectivity index (χ4v) is 0.837. The number of aliphatic carboxylic acids is 1. The van der Waals surface area contributed by atoms with Gasteiger partial charge in [0.15, 0.2) is 0 Å². The van der Waals surface area contributed by atoms with E-state index in [9.17, 15) is 4.79 Å². The van der Waals surface area contributed by atoms with Crippen LogP contribution in [0.25, 0.3) is 0 Å². The van der Waals surface area contributed by atoms with Gasteiger partial charge in [-0.3, -0.25) is 4.79 Å². The summed E-state index contributed by atoms with van der Waals surface area (Å²) >= 11 is 7.60. The SMILES string of the molecule is O=C(O)C(S)CCS. The van der Waals surface area contributed by atoms with E-state index in [-0.39, 0.29) is 0 Å². The van der Waals surface area contributed by atoms with Crippen LogP contribution in [-0.4, -0.2) is 22.1 Å². The van der Waals surface area contributed by atoms with Crippen LogP contribution in [0.5, 0.6) is 0 Å². The van der Waals surface area contributed by atoms with Crippen LogP contribution >= 0.6 is 25.3 Å². The van der Waals surface area contributed by atoms with Gasteiger partial charge in [-0.2, -0.15) is 25.3 Å². The molecule has 8 heavy (non-hydrogen) atoms. The summed E-state index contributed by atoms with van der Waals surface area (Å²) in [5, 5.41) is 7.65. The number of carboxylic acid groups (broad SMARTS) is 1. The minimum Gasteiger partial charge on any atom is -0.480 e. The zero-order valence-corrected chi connectivity index (χ0v) is 6.03. The van der Waals surface area contributed by atoms with Crippen molar-refractivity contribution in [2.24, 2.45) is 0 Å². The van der Waals surface area contributed by atoms with Crippen LogP contribution in [0.4, 0.5) is 0 Å². The van der Waals surface area contributed by atoms with E-state index in [1.165, 1.54) is 0 Å². The Kier molecular flexibility index (Phi) is 4.18. The summed E-state index contributed by atoms with van der Waals surface area (Å²) < 4.78 is 0. The highest BCUT2D eigenvalue weighted by Gasteiger charge is 2.08. The molecule has 0 radical (unpaired) electrons. The van der Waals surface area contributed by atoms with Gasteiger partial charge < -0.3 is 5.11 Å². The number of hydrogen-bond donors (Lipinski definition) is 3. The summed E-state index contributed by atoms with van der Waals surface area (Å²) in [7, 11) is 0. The zero-order chi connectivity index (χ0) is 6.57. The molecule has 0 aliphatic carbocycles. The summed E-state index contributed by atoms with van der Waals surface area (Å²) in [4.78, 5) is 9.98. The maximum absolute atomic E-state index is 9.98. The van der Waals surface area contributed by atoms with Gasteiger partial charge in [-0.15, -0.1) is 0 Å². The first kappa shape index (κ1) is 8.17. The second kappa shape index (κ2) is 4.09. The Hall–Kier alpha value is 0.170. The Morgan fingerprint density at radius 3 is 2.38 bits per heavy atom. The molecule has 1 N–H and O–H groups in total. The summed E-state index contributed by atoms with van der Waals surface area (Å²) in [6, 6.07) is 0. The lowest BCUT2D eigenvalue weighted by atomic mass is 10.3. The third-order valence-electron chi connectivity index (χ3n) is 0.688. The molecule has 2 nitrogen and oxygen atoms in total. The lowest BCUT2D eigenvalue weighted by molar-refractivity contribution is -0.136. The number of carbonyl (C=O) groups is 1. The van der Waals surface area contributed by atoms with Crippen LogP contribution in [0.2, 0.25) is 0 Å². The molecular formula is C4H8O2S2. The normalized spacial score (nSPS) is 13.2. The number of thiol groups is 2. The van der Waals surface area contributed by atoms with E-state index in [0.717, 1.165) is 0 Å². The molecule has 0 spiro atoms. The van der Waals surface area contributed by atoms with Crippen molar-refractivity contribution in [3.05, 3.63) is 0 Å². The van der Waals surface area contributed by atoms with Crippen LogP contribution in [0.1, 0.15) is 6.42 Å². The van der Waals surface area contributed by atoms with Crippen molar-refractivity contribution in [3.63, 3.8) is 0 Å². The van der Waals surface area contributed by atoms with Crippen molar-refractivity contribution in [3.8, 4) is 0 Å². The molecule has 0 saturated heterocycles. The first-order valence-corrected chi connectivity index (χ1v) is 3.35. The van der Waals surface area contributed by atoms with E-state index in [1.54, 1.807) is 0 Å². The highest BCUT2D eigenvalue weighted by atomic mass is 32.1. The van der Waals surface area contributed by atoms with Gasteiger partial charge >= 0.3 is 5.97 Å². The Balaban J connectivity index is 3.32. The average molecular weight is 152 g/mol. The Morgan fingerprint density at radius 1 is 1.75 bits per heavy atom. The predicted octanol–water partition coefficient (Wildman–Crippen LogP) is 0.689. The van der Waals surface area contributed by atoms with Crippen LogP contribution in [0.3, 0.4) is 0 Å². The molecule has 0 aromatic carbocycles. The van der Waals surface area contributed by atoms with Crippen molar-refractivity contribution in [1.82, 2.24) is 0 Å². The lowest BCUT2D eigenvalue weighted by Gasteiger charge is -1.98. The number of hydrogen-bond acceptors (Lipinski definition) is 3. The molecule has 0 aromatic heterocycles. The standard InChI is InChI=1S/C4H8O2S2/c5-4(6)3(8)1-2-7/h3,7-8H,1-2H2,(H,5,6). The Bertz CT molecular complexity index is 84.1. The maximum atomic E-state index is 9.98. The van der Waals surface area contributed by atoms with Crippen molar-refractivity contribution >= 4 is 31.2 Å². The second-order valence-electron chi connectivity index (χ2n) is 1.37. The van der Waals surface area contributed by atoms with E-state index in [0.29, 0.717) is 12.2 Å². The molecular weight excluding hydrogens is 144 g/mol. The smallest absolute Gasteiger partial charge is 0.316 e. The molecule has 4 heteroatoms. The first-order valence-electron chi connectivity index (χ1n) is 2.20. The first-order chi connectivity index (χ1) is 3.68. The lowest BCUT2D eigenvalue weighted by Crippen LogP contribution is -2.13. The molecule has 0 aromatic rings. The van der Waals surface area contributed by atoms with Crippen molar-refractivity contribution in [1.29, 1.82) is 0 Å². The molecule has 0 bridgehead atoms.